The fourth-order valence-electron chi connectivity index (χ4n) is 1.16. The van der Waals surface area contributed by atoms with Gasteiger partial charge in [-0.3, -0.25) is 4.79 Å². The van der Waals surface area contributed by atoms with Gasteiger partial charge in [0.2, 0.25) is 0 Å². The second kappa shape index (κ2) is 4.98. The SMILES string of the molecule is COC(=O)CS(=O)(=O)Cc1ccc(N)cc1. The number of hydrogen-bond acceptors (Lipinski definition) is 5. The van der Waals surface area contributed by atoms with Gasteiger partial charge in [-0.15, -0.1) is 0 Å². The van der Waals surface area contributed by atoms with E-state index in [1.807, 2.05) is 0 Å². The van der Waals surface area contributed by atoms with Crippen LogP contribution in [-0.4, -0.2) is 27.2 Å². The van der Waals surface area contributed by atoms with E-state index in [1.165, 1.54) is 0 Å². The number of esters is 1. The lowest BCUT2D eigenvalue weighted by molar-refractivity contribution is -0.137. The molecule has 5 nitrogen and oxygen atoms in total. The molecule has 0 amide bonds. The zero-order valence-corrected chi connectivity index (χ0v) is 9.66. The molecule has 0 saturated heterocycles. The normalized spacial score (nSPS) is 11.1. The van der Waals surface area contributed by atoms with Crippen molar-refractivity contribution in [3.05, 3.63) is 29.8 Å². The monoisotopic (exact) mass is 243 g/mol. The van der Waals surface area contributed by atoms with Crippen LogP contribution in [0.3, 0.4) is 0 Å². The van der Waals surface area contributed by atoms with Crippen LogP contribution in [0.1, 0.15) is 5.56 Å². The lowest BCUT2D eigenvalue weighted by atomic mass is 10.2. The first kappa shape index (κ1) is 12.5. The van der Waals surface area contributed by atoms with E-state index in [0.717, 1.165) is 7.11 Å². The van der Waals surface area contributed by atoms with E-state index in [2.05, 4.69) is 4.74 Å². The molecule has 0 fully saturated rings. The summed E-state index contributed by atoms with van der Waals surface area (Å²) in [6.07, 6.45) is 0. The highest BCUT2D eigenvalue weighted by Crippen LogP contribution is 2.10. The zero-order chi connectivity index (χ0) is 12.2. The van der Waals surface area contributed by atoms with E-state index in [9.17, 15) is 13.2 Å². The first-order valence-corrected chi connectivity index (χ1v) is 6.37. The molecule has 0 atom stereocenters. The summed E-state index contributed by atoms with van der Waals surface area (Å²) in [5.74, 6) is -1.55. The van der Waals surface area contributed by atoms with Crippen molar-refractivity contribution in [2.45, 2.75) is 5.75 Å². The fraction of sp³-hybridized carbons (Fsp3) is 0.300. The first-order valence-electron chi connectivity index (χ1n) is 4.54. The van der Waals surface area contributed by atoms with Crippen molar-refractivity contribution in [2.75, 3.05) is 18.6 Å². The van der Waals surface area contributed by atoms with Crippen molar-refractivity contribution >= 4 is 21.5 Å². The summed E-state index contributed by atoms with van der Waals surface area (Å²) in [6, 6.07) is 6.46. The Labute approximate surface area is 94.1 Å². The number of rotatable bonds is 4. The number of sulfone groups is 1. The molecule has 0 aliphatic rings. The molecule has 0 radical (unpaired) electrons. The minimum atomic E-state index is -3.47. The van der Waals surface area contributed by atoms with E-state index in [-0.39, 0.29) is 5.75 Å². The maximum absolute atomic E-state index is 11.5. The fourth-order valence-corrected chi connectivity index (χ4v) is 2.44. The third-order valence-electron chi connectivity index (χ3n) is 1.93. The van der Waals surface area contributed by atoms with Crippen molar-refractivity contribution in [3.63, 3.8) is 0 Å². The Hall–Kier alpha value is -1.56. The molecule has 0 aromatic heterocycles. The van der Waals surface area contributed by atoms with E-state index in [4.69, 9.17) is 5.73 Å². The zero-order valence-electron chi connectivity index (χ0n) is 8.84. The Morgan fingerprint density at radius 3 is 2.38 bits per heavy atom. The average Bonchev–Trinajstić information content (AvgIpc) is 2.20. The molecule has 1 aromatic carbocycles. The topological polar surface area (TPSA) is 86.5 Å². The van der Waals surface area contributed by atoms with Gasteiger partial charge in [-0.1, -0.05) is 12.1 Å². The van der Waals surface area contributed by atoms with Gasteiger partial charge in [0.15, 0.2) is 9.84 Å². The van der Waals surface area contributed by atoms with Crippen LogP contribution in [-0.2, 0) is 25.1 Å². The van der Waals surface area contributed by atoms with Crippen LogP contribution in [0.2, 0.25) is 0 Å². The van der Waals surface area contributed by atoms with E-state index in [0.29, 0.717) is 11.3 Å². The Morgan fingerprint density at radius 1 is 1.31 bits per heavy atom. The Morgan fingerprint density at radius 2 is 1.88 bits per heavy atom. The number of nitrogens with two attached hydrogens (primary N) is 1. The third-order valence-corrected chi connectivity index (χ3v) is 3.38. The van der Waals surface area contributed by atoms with Crippen molar-refractivity contribution in [1.29, 1.82) is 0 Å². The van der Waals surface area contributed by atoms with Crippen LogP contribution in [0.15, 0.2) is 24.3 Å². The third kappa shape index (κ3) is 3.90. The number of benzene rings is 1. The molecule has 1 aromatic rings. The molecule has 0 unspecified atom stereocenters. The van der Waals surface area contributed by atoms with E-state index < -0.39 is 21.6 Å². The van der Waals surface area contributed by atoms with Gasteiger partial charge in [0.1, 0.15) is 5.75 Å². The highest BCUT2D eigenvalue weighted by atomic mass is 32.2. The van der Waals surface area contributed by atoms with Gasteiger partial charge in [-0.2, -0.15) is 0 Å². The molecule has 2 N–H and O–H groups in total. The molecular formula is C10H13NO4S. The molecule has 0 bridgehead atoms. The number of carbonyl (C=O) groups excluding carboxylic acids is 1. The lowest BCUT2D eigenvalue weighted by Crippen LogP contribution is -2.18. The van der Waals surface area contributed by atoms with Gasteiger partial charge < -0.3 is 10.5 Å². The summed E-state index contributed by atoms with van der Waals surface area (Å²) in [4.78, 5) is 10.9. The van der Waals surface area contributed by atoms with Crippen LogP contribution in [0.25, 0.3) is 0 Å². The number of anilines is 1. The molecule has 16 heavy (non-hydrogen) atoms. The van der Waals surface area contributed by atoms with Crippen molar-refractivity contribution in [1.82, 2.24) is 0 Å². The number of methoxy groups -OCH3 is 1. The highest BCUT2D eigenvalue weighted by Gasteiger charge is 2.17. The molecule has 0 spiro atoms. The predicted molar refractivity (Wildman–Crippen MR) is 60.4 cm³/mol. The molecule has 0 saturated carbocycles. The van der Waals surface area contributed by atoms with Crippen molar-refractivity contribution in [3.8, 4) is 0 Å². The van der Waals surface area contributed by atoms with E-state index in [1.54, 1.807) is 24.3 Å². The Balaban J connectivity index is 2.73. The molecular weight excluding hydrogens is 230 g/mol. The van der Waals surface area contributed by atoms with Crippen molar-refractivity contribution in [2.24, 2.45) is 0 Å². The number of ether oxygens (including phenoxy) is 1. The molecule has 6 heteroatoms. The lowest BCUT2D eigenvalue weighted by Gasteiger charge is -2.03. The summed E-state index contributed by atoms with van der Waals surface area (Å²) in [5.41, 5.74) is 6.63. The van der Waals surface area contributed by atoms with Crippen LogP contribution in [0.5, 0.6) is 0 Å². The summed E-state index contributed by atoms with van der Waals surface area (Å²) in [6.45, 7) is 0. The van der Waals surface area contributed by atoms with Gasteiger partial charge >= 0.3 is 5.97 Å². The first-order chi connectivity index (χ1) is 7.43. The molecule has 0 aliphatic heterocycles. The summed E-state index contributed by atoms with van der Waals surface area (Å²) < 4.78 is 27.3. The van der Waals surface area contributed by atoms with Gasteiger partial charge in [-0.25, -0.2) is 8.42 Å². The Kier molecular flexibility index (Phi) is 3.89. The second-order valence-electron chi connectivity index (χ2n) is 3.35. The van der Waals surface area contributed by atoms with Crippen molar-refractivity contribution < 1.29 is 17.9 Å². The maximum atomic E-state index is 11.5. The smallest absolute Gasteiger partial charge is 0.320 e. The minimum Gasteiger partial charge on any atom is -0.468 e. The van der Waals surface area contributed by atoms with Crippen LogP contribution in [0, 0.1) is 0 Å². The maximum Gasteiger partial charge on any atom is 0.320 e. The molecule has 0 heterocycles. The summed E-state index contributed by atoms with van der Waals surface area (Å²) in [7, 11) is -2.32. The Bertz CT molecular complexity index is 464. The molecule has 0 aliphatic carbocycles. The highest BCUT2D eigenvalue weighted by molar-refractivity contribution is 7.91. The van der Waals surface area contributed by atoms with Gasteiger partial charge in [-0.05, 0) is 17.7 Å². The molecule has 88 valence electrons. The van der Waals surface area contributed by atoms with Crippen LogP contribution < -0.4 is 5.73 Å². The second-order valence-corrected chi connectivity index (χ2v) is 5.41. The minimum absolute atomic E-state index is 0.192. The average molecular weight is 243 g/mol. The number of hydrogen-bond donors (Lipinski definition) is 1. The predicted octanol–water partition coefficient (Wildman–Crippen LogP) is 0.357. The van der Waals surface area contributed by atoms with E-state index >= 15 is 0 Å². The quantitative estimate of drug-likeness (QED) is 0.609. The molecule has 1 rings (SSSR count). The standard InChI is InChI=1S/C10H13NO4S/c1-15-10(12)7-16(13,14)6-8-2-4-9(11)5-3-8/h2-5H,6-7,11H2,1H3. The summed E-state index contributed by atoms with van der Waals surface area (Å²) in [5, 5.41) is 0. The largest absolute Gasteiger partial charge is 0.468 e. The summed E-state index contributed by atoms with van der Waals surface area (Å²) >= 11 is 0. The van der Waals surface area contributed by atoms with Gasteiger partial charge in [0.05, 0.1) is 12.9 Å². The number of nitrogen functional groups attached to an aromatic ring is 1. The van der Waals surface area contributed by atoms with Gasteiger partial charge in [0.25, 0.3) is 0 Å². The van der Waals surface area contributed by atoms with Gasteiger partial charge in [0, 0.05) is 5.69 Å². The van der Waals surface area contributed by atoms with Crippen LogP contribution in [0.4, 0.5) is 5.69 Å². The number of carbonyl (C=O) groups is 1. The van der Waals surface area contributed by atoms with Crippen LogP contribution >= 0.6 is 0 Å².